The van der Waals surface area contributed by atoms with Crippen LogP contribution in [0, 0.1) is 0 Å². The minimum atomic E-state index is 1.23. The Kier molecular flexibility index (Phi) is 5.09. The first kappa shape index (κ1) is 9.79. The minimum Gasteiger partial charge on any atom is -0.303 e. The molecule has 0 atom stereocenters. The maximum Gasteiger partial charge on any atom is 0.00159 e. The molecule has 0 aromatic heterocycles. The van der Waals surface area contributed by atoms with E-state index in [1.54, 1.807) is 0 Å². The third kappa shape index (κ3) is 3.91. The van der Waals surface area contributed by atoms with E-state index >= 15 is 0 Å². The summed E-state index contributed by atoms with van der Waals surface area (Å²) in [5, 5.41) is 0. The fraction of sp³-hybridized carbons (Fsp3) is 0.818. The van der Waals surface area contributed by atoms with Crippen LogP contribution in [0.15, 0.2) is 12.2 Å². The molecule has 0 bridgehead atoms. The van der Waals surface area contributed by atoms with Gasteiger partial charge in [0.2, 0.25) is 0 Å². The predicted molar refractivity (Wildman–Crippen MR) is 54.3 cm³/mol. The zero-order valence-corrected chi connectivity index (χ0v) is 8.26. The van der Waals surface area contributed by atoms with Crippen molar-refractivity contribution in [2.24, 2.45) is 0 Å². The highest BCUT2D eigenvalue weighted by atomic mass is 15.1. The molecule has 0 amide bonds. The molecular formula is C11H21N. The smallest absolute Gasteiger partial charge is 0.00159 e. The largest absolute Gasteiger partial charge is 0.303 e. The van der Waals surface area contributed by atoms with Gasteiger partial charge in [-0.1, -0.05) is 25.0 Å². The van der Waals surface area contributed by atoms with Gasteiger partial charge in [0.15, 0.2) is 0 Å². The summed E-state index contributed by atoms with van der Waals surface area (Å²) in [6.45, 7) is 6.03. The summed E-state index contributed by atoms with van der Waals surface area (Å²) >= 11 is 0. The van der Waals surface area contributed by atoms with Crippen molar-refractivity contribution in [3.05, 3.63) is 12.2 Å². The van der Waals surface area contributed by atoms with Crippen LogP contribution in [0.2, 0.25) is 0 Å². The lowest BCUT2D eigenvalue weighted by atomic mass is 10.2. The quantitative estimate of drug-likeness (QED) is 0.584. The summed E-state index contributed by atoms with van der Waals surface area (Å²) in [4.78, 5) is 2.60. The molecule has 0 spiro atoms. The van der Waals surface area contributed by atoms with E-state index in [-0.39, 0.29) is 0 Å². The minimum absolute atomic E-state index is 1.23. The van der Waals surface area contributed by atoms with Crippen LogP contribution in [0.3, 0.4) is 0 Å². The van der Waals surface area contributed by atoms with Gasteiger partial charge in [-0.3, -0.25) is 0 Å². The van der Waals surface area contributed by atoms with Crippen molar-refractivity contribution in [3.8, 4) is 0 Å². The monoisotopic (exact) mass is 167 g/mol. The van der Waals surface area contributed by atoms with Gasteiger partial charge < -0.3 is 4.90 Å². The second-order valence-corrected chi connectivity index (χ2v) is 3.61. The molecule has 0 unspecified atom stereocenters. The lowest BCUT2D eigenvalue weighted by molar-refractivity contribution is 0.291. The van der Waals surface area contributed by atoms with Gasteiger partial charge in [-0.25, -0.2) is 0 Å². The van der Waals surface area contributed by atoms with Crippen molar-refractivity contribution in [3.63, 3.8) is 0 Å². The average molecular weight is 167 g/mol. The van der Waals surface area contributed by atoms with Crippen molar-refractivity contribution >= 4 is 0 Å². The van der Waals surface area contributed by atoms with Crippen molar-refractivity contribution in [2.75, 3.05) is 19.6 Å². The first-order valence-electron chi connectivity index (χ1n) is 5.27. The van der Waals surface area contributed by atoms with Crippen molar-refractivity contribution in [1.29, 1.82) is 0 Å². The molecule has 0 aromatic rings. The molecule has 70 valence electrons. The SMILES string of the molecule is C/C=C\CCN1CCCCCC1. The molecule has 1 aliphatic heterocycles. The van der Waals surface area contributed by atoms with E-state index < -0.39 is 0 Å². The third-order valence-corrected chi connectivity index (χ3v) is 2.55. The van der Waals surface area contributed by atoms with E-state index in [1.165, 1.54) is 51.7 Å². The van der Waals surface area contributed by atoms with Crippen molar-refractivity contribution in [1.82, 2.24) is 4.90 Å². The Morgan fingerprint density at radius 3 is 2.33 bits per heavy atom. The van der Waals surface area contributed by atoms with Crippen LogP contribution < -0.4 is 0 Å². The summed E-state index contributed by atoms with van der Waals surface area (Å²) in [6.07, 6.45) is 11.4. The fourth-order valence-electron chi connectivity index (χ4n) is 1.78. The zero-order chi connectivity index (χ0) is 8.65. The molecule has 1 saturated heterocycles. The third-order valence-electron chi connectivity index (χ3n) is 2.55. The standard InChI is InChI=1S/C11H21N/c1-2-3-6-9-12-10-7-4-5-8-11-12/h2-3H,4-11H2,1H3/b3-2-. The second kappa shape index (κ2) is 6.24. The van der Waals surface area contributed by atoms with Crippen LogP contribution in [0.4, 0.5) is 0 Å². The number of allylic oxidation sites excluding steroid dienone is 1. The normalized spacial score (nSPS) is 21.4. The Balaban J connectivity index is 2.11. The van der Waals surface area contributed by atoms with Crippen LogP contribution in [-0.2, 0) is 0 Å². The first-order valence-corrected chi connectivity index (χ1v) is 5.27. The zero-order valence-electron chi connectivity index (χ0n) is 8.26. The van der Waals surface area contributed by atoms with Crippen LogP contribution >= 0.6 is 0 Å². The number of nitrogens with zero attached hydrogens (tertiary/aromatic N) is 1. The number of likely N-dealkylation sites (tertiary alicyclic amines) is 1. The van der Waals surface area contributed by atoms with Crippen molar-refractivity contribution < 1.29 is 0 Å². The second-order valence-electron chi connectivity index (χ2n) is 3.61. The molecule has 1 heteroatoms. The van der Waals surface area contributed by atoms with Gasteiger partial charge in [0, 0.05) is 6.54 Å². The molecule has 0 saturated carbocycles. The lowest BCUT2D eigenvalue weighted by Gasteiger charge is -2.18. The van der Waals surface area contributed by atoms with Gasteiger partial charge in [-0.05, 0) is 39.3 Å². The Labute approximate surface area is 76.5 Å². The topological polar surface area (TPSA) is 3.24 Å². The molecule has 12 heavy (non-hydrogen) atoms. The van der Waals surface area contributed by atoms with Crippen molar-refractivity contribution in [2.45, 2.75) is 39.0 Å². The molecule has 0 radical (unpaired) electrons. The van der Waals surface area contributed by atoms with Gasteiger partial charge in [0.05, 0.1) is 0 Å². The molecule has 1 aliphatic rings. The number of hydrogen-bond donors (Lipinski definition) is 0. The predicted octanol–water partition coefficient (Wildman–Crippen LogP) is 2.83. The van der Waals surface area contributed by atoms with Crippen LogP contribution in [-0.4, -0.2) is 24.5 Å². The van der Waals surface area contributed by atoms with Gasteiger partial charge in [0.25, 0.3) is 0 Å². The maximum absolute atomic E-state index is 2.60. The Morgan fingerprint density at radius 2 is 1.75 bits per heavy atom. The fourth-order valence-corrected chi connectivity index (χ4v) is 1.78. The van der Waals surface area contributed by atoms with E-state index in [9.17, 15) is 0 Å². The van der Waals surface area contributed by atoms with Crippen LogP contribution in [0.25, 0.3) is 0 Å². The van der Waals surface area contributed by atoms with Gasteiger partial charge in [-0.2, -0.15) is 0 Å². The molecular weight excluding hydrogens is 146 g/mol. The van der Waals surface area contributed by atoms with Crippen LogP contribution in [0.1, 0.15) is 39.0 Å². The molecule has 1 fully saturated rings. The molecule has 1 nitrogen and oxygen atoms in total. The summed E-state index contributed by atoms with van der Waals surface area (Å²) in [5.74, 6) is 0. The highest BCUT2D eigenvalue weighted by Crippen LogP contribution is 2.09. The molecule has 0 aromatic carbocycles. The number of rotatable bonds is 3. The van der Waals surface area contributed by atoms with Gasteiger partial charge >= 0.3 is 0 Å². The average Bonchev–Trinajstić information content (AvgIpc) is 2.33. The Hall–Kier alpha value is -0.300. The van der Waals surface area contributed by atoms with E-state index in [0.29, 0.717) is 0 Å². The van der Waals surface area contributed by atoms with E-state index in [4.69, 9.17) is 0 Å². The molecule has 0 N–H and O–H groups in total. The molecule has 1 heterocycles. The highest BCUT2D eigenvalue weighted by molar-refractivity contribution is 4.78. The van der Waals surface area contributed by atoms with E-state index in [0.717, 1.165) is 0 Å². The van der Waals surface area contributed by atoms with E-state index in [1.807, 2.05) is 0 Å². The summed E-state index contributed by atoms with van der Waals surface area (Å²) in [6, 6.07) is 0. The molecule has 0 aliphatic carbocycles. The Bertz CT molecular complexity index is 121. The van der Waals surface area contributed by atoms with Gasteiger partial charge in [0.1, 0.15) is 0 Å². The highest BCUT2D eigenvalue weighted by Gasteiger charge is 2.06. The Morgan fingerprint density at radius 1 is 1.08 bits per heavy atom. The maximum atomic E-state index is 2.60. The lowest BCUT2D eigenvalue weighted by Crippen LogP contribution is -2.25. The summed E-state index contributed by atoms with van der Waals surface area (Å²) < 4.78 is 0. The summed E-state index contributed by atoms with van der Waals surface area (Å²) in [7, 11) is 0. The molecule has 1 rings (SSSR count). The van der Waals surface area contributed by atoms with Gasteiger partial charge in [-0.15, -0.1) is 0 Å². The van der Waals surface area contributed by atoms with Crippen LogP contribution in [0.5, 0.6) is 0 Å². The number of hydrogen-bond acceptors (Lipinski definition) is 1. The van der Waals surface area contributed by atoms with E-state index in [2.05, 4.69) is 24.0 Å². The summed E-state index contributed by atoms with van der Waals surface area (Å²) in [5.41, 5.74) is 0. The first-order chi connectivity index (χ1) is 5.93.